The minimum atomic E-state index is -0.181. The van der Waals surface area contributed by atoms with Gasteiger partial charge in [0.05, 0.1) is 12.7 Å². The van der Waals surface area contributed by atoms with E-state index in [1.807, 2.05) is 6.07 Å². The SMILES string of the molecule is COc1ccc(C)c2c1C(=O)C1(C)CCCCC21. The third-order valence-electron chi connectivity index (χ3n) is 4.95. The van der Waals surface area contributed by atoms with E-state index in [4.69, 9.17) is 4.74 Å². The zero-order valence-corrected chi connectivity index (χ0v) is 11.4. The summed E-state index contributed by atoms with van der Waals surface area (Å²) in [6.07, 6.45) is 4.58. The molecule has 2 nitrogen and oxygen atoms in total. The van der Waals surface area contributed by atoms with Crippen molar-refractivity contribution < 1.29 is 9.53 Å². The maximum Gasteiger partial charge on any atom is 0.173 e. The van der Waals surface area contributed by atoms with Gasteiger partial charge in [0.2, 0.25) is 0 Å². The monoisotopic (exact) mass is 244 g/mol. The predicted molar refractivity (Wildman–Crippen MR) is 71.4 cm³/mol. The third-order valence-corrected chi connectivity index (χ3v) is 4.95. The highest BCUT2D eigenvalue weighted by Gasteiger charge is 2.52. The van der Waals surface area contributed by atoms with Crippen LogP contribution in [-0.4, -0.2) is 12.9 Å². The Hall–Kier alpha value is -1.31. The van der Waals surface area contributed by atoms with Crippen LogP contribution in [0.1, 0.15) is 60.0 Å². The van der Waals surface area contributed by atoms with Crippen LogP contribution in [0.2, 0.25) is 0 Å². The molecule has 2 atom stereocenters. The lowest BCUT2D eigenvalue weighted by atomic mass is 9.67. The molecule has 2 aliphatic rings. The molecule has 3 rings (SSSR count). The van der Waals surface area contributed by atoms with E-state index in [9.17, 15) is 4.79 Å². The number of ketones is 1. The molecule has 0 spiro atoms. The second-order valence-electron chi connectivity index (χ2n) is 5.92. The summed E-state index contributed by atoms with van der Waals surface area (Å²) in [6.45, 7) is 4.27. The molecular formula is C16H20O2. The Morgan fingerprint density at radius 3 is 2.83 bits per heavy atom. The van der Waals surface area contributed by atoms with Crippen molar-refractivity contribution in [2.45, 2.75) is 45.4 Å². The van der Waals surface area contributed by atoms with E-state index in [1.54, 1.807) is 7.11 Å². The fourth-order valence-electron chi connectivity index (χ4n) is 3.91. The van der Waals surface area contributed by atoms with E-state index in [0.29, 0.717) is 11.7 Å². The number of hydrogen-bond donors (Lipinski definition) is 0. The van der Waals surface area contributed by atoms with Crippen LogP contribution >= 0.6 is 0 Å². The van der Waals surface area contributed by atoms with Crippen molar-refractivity contribution in [3.63, 3.8) is 0 Å². The van der Waals surface area contributed by atoms with Crippen molar-refractivity contribution in [2.24, 2.45) is 5.41 Å². The molecule has 0 heterocycles. The average Bonchev–Trinajstić information content (AvgIpc) is 2.61. The standard InChI is InChI=1S/C16H20O2/c1-10-7-8-12(18-3)14-13(10)11-6-4-5-9-16(11,2)15(14)17/h7-8,11H,4-6,9H2,1-3H3. The molecule has 0 N–H and O–H groups in total. The number of Topliss-reactive ketones (excluding diaryl/α,β-unsaturated/α-hetero) is 1. The molecule has 1 saturated carbocycles. The second-order valence-corrected chi connectivity index (χ2v) is 5.92. The highest BCUT2D eigenvalue weighted by molar-refractivity contribution is 6.08. The summed E-state index contributed by atoms with van der Waals surface area (Å²) in [5.41, 5.74) is 3.20. The van der Waals surface area contributed by atoms with Crippen LogP contribution in [0.25, 0.3) is 0 Å². The van der Waals surface area contributed by atoms with Gasteiger partial charge in [0.15, 0.2) is 5.78 Å². The number of benzene rings is 1. The molecule has 0 radical (unpaired) electrons. The Labute approximate surface area is 108 Å². The van der Waals surface area contributed by atoms with Gasteiger partial charge in [0, 0.05) is 5.41 Å². The quantitative estimate of drug-likeness (QED) is 0.749. The summed E-state index contributed by atoms with van der Waals surface area (Å²) in [5, 5.41) is 0. The number of carbonyl (C=O) groups is 1. The van der Waals surface area contributed by atoms with E-state index in [1.165, 1.54) is 24.0 Å². The Balaban J connectivity index is 2.25. The molecule has 0 bridgehead atoms. The maximum absolute atomic E-state index is 12.8. The summed E-state index contributed by atoms with van der Waals surface area (Å²) >= 11 is 0. The average molecular weight is 244 g/mol. The molecule has 2 unspecified atom stereocenters. The van der Waals surface area contributed by atoms with Crippen molar-refractivity contribution in [2.75, 3.05) is 7.11 Å². The topological polar surface area (TPSA) is 26.3 Å². The fourth-order valence-corrected chi connectivity index (χ4v) is 3.91. The first-order chi connectivity index (χ1) is 8.59. The third kappa shape index (κ3) is 1.32. The molecule has 0 saturated heterocycles. The zero-order chi connectivity index (χ0) is 12.9. The molecule has 1 fully saturated rings. The highest BCUT2D eigenvalue weighted by atomic mass is 16.5. The number of methoxy groups -OCH3 is 1. The first-order valence-corrected chi connectivity index (χ1v) is 6.82. The van der Waals surface area contributed by atoms with Gasteiger partial charge in [0.25, 0.3) is 0 Å². The fraction of sp³-hybridized carbons (Fsp3) is 0.562. The number of rotatable bonds is 1. The minimum Gasteiger partial charge on any atom is -0.496 e. The Bertz CT molecular complexity index is 518. The molecule has 18 heavy (non-hydrogen) atoms. The molecular weight excluding hydrogens is 224 g/mol. The summed E-state index contributed by atoms with van der Waals surface area (Å²) in [7, 11) is 1.66. The van der Waals surface area contributed by atoms with Crippen LogP contribution in [0.15, 0.2) is 12.1 Å². The zero-order valence-electron chi connectivity index (χ0n) is 11.4. The van der Waals surface area contributed by atoms with Crippen LogP contribution in [-0.2, 0) is 0 Å². The van der Waals surface area contributed by atoms with Gasteiger partial charge in [-0.2, -0.15) is 0 Å². The lowest BCUT2D eigenvalue weighted by Crippen LogP contribution is -2.31. The van der Waals surface area contributed by atoms with Crippen LogP contribution < -0.4 is 4.74 Å². The van der Waals surface area contributed by atoms with Gasteiger partial charge in [-0.1, -0.05) is 25.8 Å². The molecule has 1 aromatic rings. The van der Waals surface area contributed by atoms with Gasteiger partial charge in [-0.3, -0.25) is 4.79 Å². The number of fused-ring (bicyclic) bond motifs is 3. The maximum atomic E-state index is 12.8. The van der Waals surface area contributed by atoms with E-state index < -0.39 is 0 Å². The number of carbonyl (C=O) groups excluding carboxylic acids is 1. The molecule has 2 aliphatic carbocycles. The van der Waals surface area contributed by atoms with Crippen LogP contribution in [0.3, 0.4) is 0 Å². The van der Waals surface area contributed by atoms with E-state index in [0.717, 1.165) is 24.2 Å². The van der Waals surface area contributed by atoms with Gasteiger partial charge in [-0.25, -0.2) is 0 Å². The number of ether oxygens (including phenoxy) is 1. The molecule has 1 aromatic carbocycles. The smallest absolute Gasteiger partial charge is 0.173 e. The minimum absolute atomic E-state index is 0.181. The van der Waals surface area contributed by atoms with Crippen LogP contribution in [0.4, 0.5) is 0 Å². The van der Waals surface area contributed by atoms with Gasteiger partial charge in [0.1, 0.15) is 5.75 Å². The van der Waals surface area contributed by atoms with Crippen molar-refractivity contribution in [1.82, 2.24) is 0 Å². The Kier molecular flexibility index (Phi) is 2.51. The van der Waals surface area contributed by atoms with Crippen LogP contribution in [0, 0.1) is 12.3 Å². The number of hydrogen-bond acceptors (Lipinski definition) is 2. The Morgan fingerprint density at radius 1 is 1.33 bits per heavy atom. The van der Waals surface area contributed by atoms with Gasteiger partial charge < -0.3 is 4.74 Å². The number of aryl methyl sites for hydroxylation is 1. The molecule has 0 amide bonds. The summed E-state index contributed by atoms with van der Waals surface area (Å²) in [6, 6.07) is 4.03. The lowest BCUT2D eigenvalue weighted by molar-refractivity contribution is 0.0746. The van der Waals surface area contributed by atoms with Crippen molar-refractivity contribution in [3.8, 4) is 5.75 Å². The van der Waals surface area contributed by atoms with E-state index >= 15 is 0 Å². The molecule has 0 aromatic heterocycles. The van der Waals surface area contributed by atoms with Crippen molar-refractivity contribution in [3.05, 3.63) is 28.8 Å². The largest absolute Gasteiger partial charge is 0.496 e. The van der Waals surface area contributed by atoms with Crippen molar-refractivity contribution in [1.29, 1.82) is 0 Å². The normalized spacial score (nSPS) is 29.9. The molecule has 0 aliphatic heterocycles. The summed E-state index contributed by atoms with van der Waals surface area (Å²) < 4.78 is 5.41. The predicted octanol–water partition coefficient (Wildman–Crippen LogP) is 3.86. The van der Waals surface area contributed by atoms with Gasteiger partial charge in [-0.15, -0.1) is 0 Å². The van der Waals surface area contributed by atoms with E-state index in [2.05, 4.69) is 19.9 Å². The highest BCUT2D eigenvalue weighted by Crippen LogP contribution is 2.57. The lowest BCUT2D eigenvalue weighted by Gasteiger charge is -2.35. The summed E-state index contributed by atoms with van der Waals surface area (Å²) in [5.74, 6) is 1.47. The van der Waals surface area contributed by atoms with E-state index in [-0.39, 0.29) is 5.41 Å². The van der Waals surface area contributed by atoms with Gasteiger partial charge >= 0.3 is 0 Å². The second kappa shape index (κ2) is 3.84. The van der Waals surface area contributed by atoms with Gasteiger partial charge in [-0.05, 0) is 42.9 Å². The summed E-state index contributed by atoms with van der Waals surface area (Å²) in [4.78, 5) is 12.8. The van der Waals surface area contributed by atoms with Crippen molar-refractivity contribution >= 4 is 5.78 Å². The Morgan fingerprint density at radius 2 is 2.11 bits per heavy atom. The molecule has 96 valence electrons. The first-order valence-electron chi connectivity index (χ1n) is 6.82. The molecule has 2 heteroatoms. The van der Waals surface area contributed by atoms with Crippen LogP contribution in [0.5, 0.6) is 5.75 Å². The first kappa shape index (κ1) is 11.8.